The molecule has 1 aliphatic carbocycles. The highest BCUT2D eigenvalue weighted by Gasteiger charge is 2.27. The highest BCUT2D eigenvalue weighted by molar-refractivity contribution is 5.82. The number of aromatic nitrogens is 1. The first-order valence-corrected chi connectivity index (χ1v) is 9.02. The molecule has 1 amide bonds. The Bertz CT molecular complexity index is 957. The quantitative estimate of drug-likeness (QED) is 0.886. The minimum Gasteiger partial charge on any atom is -0.350 e. The highest BCUT2D eigenvalue weighted by atomic mass is 19.1. The molecule has 0 bridgehead atoms. The van der Waals surface area contributed by atoms with E-state index in [2.05, 4.69) is 10.3 Å². The smallest absolute Gasteiger partial charge is 0.251 e. The molecule has 2 heterocycles. The van der Waals surface area contributed by atoms with Crippen molar-refractivity contribution in [1.82, 2.24) is 10.3 Å². The average Bonchev–Trinajstić information content (AvgIpc) is 3.35. The van der Waals surface area contributed by atoms with E-state index in [1.807, 2.05) is 31.2 Å². The molecule has 1 saturated heterocycles. The van der Waals surface area contributed by atoms with Crippen molar-refractivity contribution in [2.24, 2.45) is 0 Å². The van der Waals surface area contributed by atoms with Crippen LogP contribution in [0.1, 0.15) is 54.0 Å². The third-order valence-corrected chi connectivity index (χ3v) is 5.06. The maximum atomic E-state index is 14.6. The number of halogens is 1. The van der Waals surface area contributed by atoms with Crippen LogP contribution in [0.25, 0.3) is 5.57 Å². The zero-order chi connectivity index (χ0) is 18.3. The van der Waals surface area contributed by atoms with Gasteiger partial charge in [-0.1, -0.05) is 24.3 Å². The van der Waals surface area contributed by atoms with Crippen molar-refractivity contribution in [3.05, 3.63) is 75.0 Å². The molecule has 2 aliphatic rings. The molecule has 0 unspecified atom stereocenters. The molecule has 1 aromatic carbocycles. The first-order valence-electron chi connectivity index (χ1n) is 9.02. The van der Waals surface area contributed by atoms with Gasteiger partial charge >= 0.3 is 0 Å². The molecule has 5 heteroatoms. The second kappa shape index (κ2) is 6.56. The van der Waals surface area contributed by atoms with Crippen molar-refractivity contribution in [3.8, 4) is 0 Å². The van der Waals surface area contributed by atoms with Gasteiger partial charge in [-0.15, -0.1) is 0 Å². The molecule has 2 fully saturated rings. The van der Waals surface area contributed by atoms with E-state index in [0.717, 1.165) is 24.0 Å². The van der Waals surface area contributed by atoms with Crippen LogP contribution in [0.5, 0.6) is 0 Å². The van der Waals surface area contributed by atoms with E-state index in [9.17, 15) is 14.0 Å². The monoisotopic (exact) mass is 352 g/mol. The minimum absolute atomic E-state index is 0.00690. The fraction of sp³-hybridized carbons (Fsp3) is 0.333. The van der Waals surface area contributed by atoms with Crippen LogP contribution >= 0.6 is 0 Å². The van der Waals surface area contributed by atoms with Crippen molar-refractivity contribution in [2.45, 2.75) is 44.6 Å². The summed E-state index contributed by atoms with van der Waals surface area (Å²) in [6.45, 7) is 1.83. The summed E-state index contributed by atoms with van der Waals surface area (Å²) in [6.07, 6.45) is 5.07. The minimum atomic E-state index is -0.340. The maximum absolute atomic E-state index is 14.6. The molecule has 0 radical (unpaired) electrons. The molecule has 1 saturated carbocycles. The summed E-state index contributed by atoms with van der Waals surface area (Å²) >= 11 is 0. The topological polar surface area (TPSA) is 62.0 Å². The van der Waals surface area contributed by atoms with E-state index in [1.165, 1.54) is 6.07 Å². The predicted molar refractivity (Wildman–Crippen MR) is 98.4 cm³/mol. The fourth-order valence-corrected chi connectivity index (χ4v) is 3.48. The molecular weight excluding hydrogens is 331 g/mol. The van der Waals surface area contributed by atoms with Gasteiger partial charge in [-0.2, -0.15) is 0 Å². The Morgan fingerprint density at radius 3 is 2.58 bits per heavy atom. The first kappa shape index (κ1) is 16.8. The van der Waals surface area contributed by atoms with Crippen molar-refractivity contribution >= 4 is 11.5 Å². The summed E-state index contributed by atoms with van der Waals surface area (Å²) in [4.78, 5) is 26.9. The van der Waals surface area contributed by atoms with Crippen molar-refractivity contribution < 1.29 is 9.18 Å². The van der Waals surface area contributed by atoms with Crippen LogP contribution in [-0.2, 0) is 4.79 Å². The highest BCUT2D eigenvalue weighted by Crippen LogP contribution is 2.38. The Morgan fingerprint density at radius 1 is 1.15 bits per heavy atom. The molecule has 1 atom stereocenters. The Kier molecular flexibility index (Phi) is 4.23. The number of aryl methyl sites for hydroxylation is 1. The zero-order valence-electron chi connectivity index (χ0n) is 14.6. The van der Waals surface area contributed by atoms with Crippen molar-refractivity contribution in [2.75, 3.05) is 0 Å². The molecule has 4 nitrogen and oxygen atoms in total. The number of pyridine rings is 1. The number of carbonyl (C=O) groups excluding carboxylic acids is 1. The summed E-state index contributed by atoms with van der Waals surface area (Å²) in [5.74, 6) is 0.00528. The van der Waals surface area contributed by atoms with E-state index in [0.29, 0.717) is 35.6 Å². The largest absolute Gasteiger partial charge is 0.350 e. The van der Waals surface area contributed by atoms with Gasteiger partial charge in [0, 0.05) is 34.9 Å². The molecule has 0 spiro atoms. The number of benzene rings is 1. The summed E-state index contributed by atoms with van der Waals surface area (Å²) in [7, 11) is 0. The molecule has 26 heavy (non-hydrogen) atoms. The van der Waals surface area contributed by atoms with Gasteiger partial charge in [-0.05, 0) is 49.8 Å². The van der Waals surface area contributed by atoms with Gasteiger partial charge in [0.15, 0.2) is 0 Å². The lowest BCUT2D eigenvalue weighted by Crippen LogP contribution is -2.24. The van der Waals surface area contributed by atoms with Crippen LogP contribution in [0.15, 0.2) is 41.2 Å². The first-order chi connectivity index (χ1) is 12.5. The summed E-state index contributed by atoms with van der Waals surface area (Å²) < 4.78 is 14.6. The van der Waals surface area contributed by atoms with Crippen molar-refractivity contribution in [3.63, 3.8) is 0 Å². The molecule has 2 N–H and O–H groups in total. The number of H-pyrrole nitrogens is 1. The lowest BCUT2D eigenvalue weighted by molar-refractivity contribution is -0.119. The Morgan fingerprint density at radius 2 is 1.96 bits per heavy atom. The number of aromatic amines is 1. The molecule has 4 rings (SSSR count). The van der Waals surface area contributed by atoms with Crippen LogP contribution in [0.4, 0.5) is 4.39 Å². The lowest BCUT2D eigenvalue weighted by atomic mass is 9.97. The van der Waals surface area contributed by atoms with E-state index >= 15 is 0 Å². The van der Waals surface area contributed by atoms with Gasteiger partial charge in [0.2, 0.25) is 5.91 Å². The number of carbonyl (C=O) groups is 1. The second-order valence-electron chi connectivity index (χ2n) is 7.21. The SMILES string of the molecule is Cc1ccc(C(=C[C@H]2CCC(=O)N2)c2ccc(C3CC3)c(=O)[nH]2)c(F)c1. The molecule has 2 aromatic rings. The summed E-state index contributed by atoms with van der Waals surface area (Å²) in [5.41, 5.74) is 3.12. The summed E-state index contributed by atoms with van der Waals surface area (Å²) in [5, 5.41) is 2.88. The molecule has 134 valence electrons. The van der Waals surface area contributed by atoms with Gasteiger partial charge in [-0.3, -0.25) is 9.59 Å². The molecule has 1 aliphatic heterocycles. The van der Waals surface area contributed by atoms with E-state index < -0.39 is 0 Å². The number of hydrogen-bond acceptors (Lipinski definition) is 2. The van der Waals surface area contributed by atoms with Gasteiger partial charge in [0.05, 0.1) is 0 Å². The number of hydrogen-bond donors (Lipinski definition) is 2. The molecular formula is C21H21FN2O2. The van der Waals surface area contributed by atoms with E-state index in [-0.39, 0.29) is 23.3 Å². The Hall–Kier alpha value is -2.69. The number of nitrogens with one attached hydrogen (secondary N) is 2. The fourth-order valence-electron chi connectivity index (χ4n) is 3.48. The maximum Gasteiger partial charge on any atom is 0.251 e. The Balaban J connectivity index is 1.79. The van der Waals surface area contributed by atoms with Gasteiger partial charge in [0.25, 0.3) is 5.56 Å². The average molecular weight is 352 g/mol. The van der Waals surface area contributed by atoms with Crippen LogP contribution < -0.4 is 10.9 Å². The Labute approximate surface area is 151 Å². The van der Waals surface area contributed by atoms with E-state index in [4.69, 9.17) is 0 Å². The third-order valence-electron chi connectivity index (χ3n) is 5.06. The number of amides is 1. The van der Waals surface area contributed by atoms with Crippen LogP contribution in [0.3, 0.4) is 0 Å². The predicted octanol–water partition coefficient (Wildman–Crippen LogP) is 3.41. The van der Waals surface area contributed by atoms with Crippen LogP contribution in [0.2, 0.25) is 0 Å². The van der Waals surface area contributed by atoms with Gasteiger partial charge < -0.3 is 10.3 Å². The van der Waals surface area contributed by atoms with Gasteiger partial charge in [0.1, 0.15) is 5.82 Å². The van der Waals surface area contributed by atoms with Crippen LogP contribution in [-0.4, -0.2) is 16.9 Å². The van der Waals surface area contributed by atoms with Crippen LogP contribution in [0, 0.1) is 12.7 Å². The second-order valence-corrected chi connectivity index (χ2v) is 7.21. The van der Waals surface area contributed by atoms with Crippen molar-refractivity contribution in [1.29, 1.82) is 0 Å². The van der Waals surface area contributed by atoms with Gasteiger partial charge in [-0.25, -0.2) is 4.39 Å². The molecule has 1 aromatic heterocycles. The normalized spacial score (nSPS) is 20.3. The standard InChI is InChI=1S/C21H21FN2O2/c1-12-2-6-16(18(22)10-12)17(11-14-5-9-20(25)23-14)19-8-7-15(13-3-4-13)21(26)24-19/h2,6-8,10-11,13-14H,3-5,9H2,1H3,(H,23,25)(H,24,26)/t14-/m1/s1. The summed E-state index contributed by atoms with van der Waals surface area (Å²) in [6, 6.07) is 8.57. The lowest BCUT2D eigenvalue weighted by Gasteiger charge is -2.14. The van der Waals surface area contributed by atoms with E-state index in [1.54, 1.807) is 6.07 Å². The zero-order valence-corrected chi connectivity index (χ0v) is 14.6. The number of rotatable bonds is 4. The third kappa shape index (κ3) is 3.34.